The Hall–Kier alpha value is -3.42. The molecule has 2 aromatic carbocycles. The number of benzene rings is 2. The first kappa shape index (κ1) is 19.9. The van der Waals surface area contributed by atoms with Gasteiger partial charge in [0.05, 0.1) is 6.54 Å². The molecule has 8 heteroatoms. The van der Waals surface area contributed by atoms with Crippen LogP contribution in [-0.2, 0) is 14.3 Å². The van der Waals surface area contributed by atoms with E-state index in [1.165, 1.54) is 37.4 Å². The van der Waals surface area contributed by atoms with Gasteiger partial charge in [-0.05, 0) is 42.8 Å². The summed E-state index contributed by atoms with van der Waals surface area (Å²) in [5.74, 6) is -2.55. The first-order valence-electron chi connectivity index (χ1n) is 8.03. The van der Waals surface area contributed by atoms with Crippen molar-refractivity contribution in [1.82, 2.24) is 4.90 Å². The maximum Gasteiger partial charge on any atom is 0.342 e. The average Bonchev–Trinajstić information content (AvgIpc) is 2.63. The van der Waals surface area contributed by atoms with E-state index in [0.29, 0.717) is 11.3 Å². The molecule has 0 aliphatic rings. The summed E-state index contributed by atoms with van der Waals surface area (Å²) in [6.07, 6.45) is 0. The van der Waals surface area contributed by atoms with E-state index in [0.717, 1.165) is 4.90 Å². The molecule has 7 nitrogen and oxygen atoms in total. The molecule has 0 unspecified atom stereocenters. The van der Waals surface area contributed by atoms with E-state index in [4.69, 9.17) is 4.74 Å². The van der Waals surface area contributed by atoms with Crippen molar-refractivity contribution in [1.29, 1.82) is 0 Å². The van der Waals surface area contributed by atoms with Crippen molar-refractivity contribution in [2.75, 3.05) is 25.5 Å². The van der Waals surface area contributed by atoms with Gasteiger partial charge in [0.25, 0.3) is 5.91 Å². The lowest BCUT2D eigenvalue weighted by molar-refractivity contribution is -0.136. The van der Waals surface area contributed by atoms with Gasteiger partial charge in [0.15, 0.2) is 6.61 Å². The lowest BCUT2D eigenvalue weighted by atomic mass is 10.1. The molecule has 0 aromatic heterocycles. The van der Waals surface area contributed by atoms with Crippen LogP contribution in [0.25, 0.3) is 0 Å². The molecular formula is C19H19FN2O5. The number of amides is 2. The van der Waals surface area contributed by atoms with Crippen LogP contribution < -0.4 is 5.32 Å². The number of phenols is 1. The van der Waals surface area contributed by atoms with Crippen LogP contribution in [0, 0.1) is 12.7 Å². The van der Waals surface area contributed by atoms with Crippen LogP contribution >= 0.6 is 0 Å². The van der Waals surface area contributed by atoms with Crippen LogP contribution in [0.3, 0.4) is 0 Å². The predicted molar refractivity (Wildman–Crippen MR) is 95.8 cm³/mol. The Kier molecular flexibility index (Phi) is 6.48. The van der Waals surface area contributed by atoms with Gasteiger partial charge in [-0.2, -0.15) is 0 Å². The van der Waals surface area contributed by atoms with E-state index < -0.39 is 30.2 Å². The maximum atomic E-state index is 12.8. The van der Waals surface area contributed by atoms with Gasteiger partial charge in [0.1, 0.15) is 17.1 Å². The molecule has 0 saturated carbocycles. The molecule has 0 bridgehead atoms. The van der Waals surface area contributed by atoms with E-state index in [2.05, 4.69) is 5.32 Å². The smallest absolute Gasteiger partial charge is 0.342 e. The van der Waals surface area contributed by atoms with Crippen LogP contribution in [-0.4, -0.2) is 48.0 Å². The molecule has 0 atom stereocenters. The number of hydrogen-bond donors (Lipinski definition) is 2. The number of ether oxygens (including phenoxy) is 1. The molecule has 0 saturated heterocycles. The minimum Gasteiger partial charge on any atom is -0.507 e. The van der Waals surface area contributed by atoms with Crippen LogP contribution in [0.15, 0.2) is 42.5 Å². The molecule has 2 rings (SSSR count). The highest BCUT2D eigenvalue weighted by molar-refractivity contribution is 5.96. The van der Waals surface area contributed by atoms with E-state index in [1.54, 1.807) is 19.1 Å². The fourth-order valence-corrected chi connectivity index (χ4v) is 2.18. The molecule has 2 aromatic rings. The van der Waals surface area contributed by atoms with Gasteiger partial charge < -0.3 is 20.1 Å². The highest BCUT2D eigenvalue weighted by Crippen LogP contribution is 2.22. The Balaban J connectivity index is 1.84. The first-order valence-corrected chi connectivity index (χ1v) is 8.03. The Labute approximate surface area is 155 Å². The van der Waals surface area contributed by atoms with Crippen molar-refractivity contribution >= 4 is 23.5 Å². The number of nitrogens with zero attached hydrogens (tertiary/aromatic N) is 1. The highest BCUT2D eigenvalue weighted by Gasteiger charge is 2.18. The number of likely N-dealkylation sites (N-methyl/N-ethyl adjacent to an activating group) is 1. The number of aryl methyl sites for hydroxylation is 1. The van der Waals surface area contributed by atoms with Crippen LogP contribution in [0.5, 0.6) is 5.75 Å². The van der Waals surface area contributed by atoms with Gasteiger partial charge in [-0.25, -0.2) is 9.18 Å². The molecule has 0 aliphatic heterocycles. The number of esters is 1. The Morgan fingerprint density at radius 1 is 1.15 bits per heavy atom. The van der Waals surface area contributed by atoms with Crippen LogP contribution in [0.2, 0.25) is 0 Å². The number of carbonyl (C=O) groups excluding carboxylic acids is 3. The summed E-state index contributed by atoms with van der Waals surface area (Å²) in [7, 11) is 1.38. The van der Waals surface area contributed by atoms with Crippen LogP contribution in [0.4, 0.5) is 10.1 Å². The van der Waals surface area contributed by atoms with Crippen LogP contribution in [0.1, 0.15) is 15.9 Å². The van der Waals surface area contributed by atoms with Gasteiger partial charge in [-0.15, -0.1) is 0 Å². The quantitative estimate of drug-likeness (QED) is 0.755. The number of para-hydroxylation sites is 1. The maximum absolute atomic E-state index is 12.8. The average molecular weight is 374 g/mol. The number of nitrogens with one attached hydrogen (secondary N) is 1. The van der Waals surface area contributed by atoms with Crippen molar-refractivity contribution < 1.29 is 28.6 Å². The van der Waals surface area contributed by atoms with Gasteiger partial charge >= 0.3 is 5.97 Å². The molecule has 142 valence electrons. The number of hydrogen-bond acceptors (Lipinski definition) is 5. The summed E-state index contributed by atoms with van der Waals surface area (Å²) in [6.45, 7) is 0.779. The molecule has 2 N–H and O–H groups in total. The Morgan fingerprint density at radius 2 is 1.81 bits per heavy atom. The highest BCUT2D eigenvalue weighted by atomic mass is 19.1. The van der Waals surface area contributed by atoms with Gasteiger partial charge in [-0.3, -0.25) is 9.59 Å². The second-order valence-corrected chi connectivity index (χ2v) is 5.85. The number of carbonyl (C=O) groups is 3. The van der Waals surface area contributed by atoms with Crippen molar-refractivity contribution in [3.8, 4) is 5.75 Å². The summed E-state index contributed by atoms with van der Waals surface area (Å²) >= 11 is 0. The van der Waals surface area contributed by atoms with E-state index >= 15 is 0 Å². The Morgan fingerprint density at radius 3 is 2.48 bits per heavy atom. The monoisotopic (exact) mass is 374 g/mol. The molecule has 0 fully saturated rings. The van der Waals surface area contributed by atoms with Crippen molar-refractivity contribution in [2.24, 2.45) is 0 Å². The third kappa shape index (κ3) is 5.53. The molecule has 0 aliphatic carbocycles. The summed E-state index contributed by atoms with van der Waals surface area (Å²) in [4.78, 5) is 37.0. The molecule has 27 heavy (non-hydrogen) atoms. The zero-order valence-electron chi connectivity index (χ0n) is 14.9. The molecule has 0 spiro atoms. The summed E-state index contributed by atoms with van der Waals surface area (Å²) in [5.41, 5.74) is 0.855. The number of phenolic OH excluding ortho intramolecular Hbond substituents is 1. The zero-order chi connectivity index (χ0) is 20.0. The second kappa shape index (κ2) is 8.79. The van der Waals surface area contributed by atoms with E-state index in [-0.39, 0.29) is 17.9 Å². The SMILES string of the molecule is Cc1cccc(C(=O)OCC(=O)N(C)CC(=O)Nc2ccc(F)cc2)c1O. The number of anilines is 1. The van der Waals surface area contributed by atoms with Gasteiger partial charge in [-0.1, -0.05) is 12.1 Å². The van der Waals surface area contributed by atoms with E-state index in [1.807, 2.05) is 0 Å². The fourth-order valence-electron chi connectivity index (χ4n) is 2.18. The minimum absolute atomic E-state index is 0.0421. The third-order valence-electron chi connectivity index (χ3n) is 3.72. The standard InChI is InChI=1S/C19H19FN2O5/c1-12-4-3-5-15(18(12)25)19(26)27-11-17(24)22(2)10-16(23)21-14-8-6-13(20)7-9-14/h3-9,25H,10-11H2,1-2H3,(H,21,23). The van der Waals surface area contributed by atoms with Gasteiger partial charge in [0.2, 0.25) is 5.91 Å². The van der Waals surface area contributed by atoms with Gasteiger partial charge in [0, 0.05) is 12.7 Å². The van der Waals surface area contributed by atoms with Crippen molar-refractivity contribution in [3.05, 3.63) is 59.4 Å². The zero-order valence-corrected chi connectivity index (χ0v) is 14.9. The van der Waals surface area contributed by atoms with Crippen molar-refractivity contribution in [3.63, 3.8) is 0 Å². The largest absolute Gasteiger partial charge is 0.507 e. The fraction of sp³-hybridized carbons (Fsp3) is 0.211. The number of aromatic hydroxyl groups is 1. The molecule has 2 amide bonds. The summed E-state index contributed by atoms with van der Waals surface area (Å²) in [6, 6.07) is 9.78. The minimum atomic E-state index is -0.839. The molecule has 0 heterocycles. The topological polar surface area (TPSA) is 95.9 Å². The second-order valence-electron chi connectivity index (χ2n) is 5.85. The first-order chi connectivity index (χ1) is 12.8. The van der Waals surface area contributed by atoms with E-state index in [9.17, 15) is 23.9 Å². The lowest BCUT2D eigenvalue weighted by Gasteiger charge is -2.17. The van der Waals surface area contributed by atoms with Crippen molar-refractivity contribution in [2.45, 2.75) is 6.92 Å². The lowest BCUT2D eigenvalue weighted by Crippen LogP contribution is -2.37. The third-order valence-corrected chi connectivity index (χ3v) is 3.72. The summed E-state index contributed by atoms with van der Waals surface area (Å²) < 4.78 is 17.7. The predicted octanol–water partition coefficient (Wildman–Crippen LogP) is 2.09. The normalized spacial score (nSPS) is 10.2. The molecule has 0 radical (unpaired) electrons. The number of rotatable bonds is 6. The summed E-state index contributed by atoms with van der Waals surface area (Å²) in [5, 5.41) is 12.4. The Bertz CT molecular complexity index is 852. The number of halogens is 1. The molecular weight excluding hydrogens is 355 g/mol.